The number of nitrogens with two attached hydrogens (primary N) is 1. The van der Waals surface area contributed by atoms with Gasteiger partial charge in [-0.3, -0.25) is 0 Å². The lowest BCUT2D eigenvalue weighted by atomic mass is 10.1. The lowest BCUT2D eigenvalue weighted by Crippen LogP contribution is -2.37. The van der Waals surface area contributed by atoms with Crippen LogP contribution in [-0.2, 0) is 0 Å². The van der Waals surface area contributed by atoms with Crippen LogP contribution in [0.15, 0.2) is 18.3 Å². The molecule has 0 spiro atoms. The first kappa shape index (κ1) is 9.27. The van der Waals surface area contributed by atoms with E-state index in [2.05, 4.69) is 10.3 Å². The van der Waals surface area contributed by atoms with Crippen molar-refractivity contribution in [2.24, 2.45) is 0 Å². The van der Waals surface area contributed by atoms with Gasteiger partial charge in [0.25, 0.3) is 0 Å². The molecule has 0 bridgehead atoms. The third kappa shape index (κ3) is 2.14. The number of nitrogen functional groups attached to an aromatic ring is 1. The van der Waals surface area contributed by atoms with Crippen LogP contribution in [0, 0.1) is 0 Å². The molecule has 4 heteroatoms. The van der Waals surface area contributed by atoms with Gasteiger partial charge in [-0.2, -0.15) is 0 Å². The van der Waals surface area contributed by atoms with Crippen molar-refractivity contribution in [1.29, 1.82) is 0 Å². The van der Waals surface area contributed by atoms with Gasteiger partial charge in [0.2, 0.25) is 5.88 Å². The molecule has 4 nitrogen and oxygen atoms in total. The van der Waals surface area contributed by atoms with E-state index in [0.29, 0.717) is 11.6 Å². The zero-order chi connectivity index (χ0) is 9.80. The fourth-order valence-corrected chi connectivity index (χ4v) is 1.58. The van der Waals surface area contributed by atoms with Gasteiger partial charge >= 0.3 is 0 Å². The second-order valence-electron chi connectivity index (χ2n) is 3.48. The Labute approximate surface area is 83.5 Å². The van der Waals surface area contributed by atoms with Crippen molar-refractivity contribution < 1.29 is 4.74 Å². The average Bonchev–Trinajstić information content (AvgIpc) is 2.23. The molecule has 14 heavy (non-hydrogen) atoms. The molecular weight excluding hydrogens is 178 g/mol. The van der Waals surface area contributed by atoms with Gasteiger partial charge in [-0.25, -0.2) is 4.98 Å². The van der Waals surface area contributed by atoms with Crippen molar-refractivity contribution in [3.63, 3.8) is 0 Å². The number of aromatic nitrogens is 1. The van der Waals surface area contributed by atoms with Crippen LogP contribution in [0.3, 0.4) is 0 Å². The number of ether oxygens (including phenoxy) is 1. The van der Waals surface area contributed by atoms with Crippen LogP contribution in [-0.4, -0.2) is 24.2 Å². The summed E-state index contributed by atoms with van der Waals surface area (Å²) in [5, 5.41) is 3.28. The maximum Gasteiger partial charge on any atom is 0.237 e. The summed E-state index contributed by atoms with van der Waals surface area (Å²) in [4.78, 5) is 4.10. The summed E-state index contributed by atoms with van der Waals surface area (Å²) in [5.41, 5.74) is 6.34. The van der Waals surface area contributed by atoms with E-state index >= 15 is 0 Å². The molecule has 0 amide bonds. The Morgan fingerprint density at radius 1 is 1.57 bits per heavy atom. The molecule has 1 atom stereocenters. The van der Waals surface area contributed by atoms with Crippen molar-refractivity contribution in [2.45, 2.75) is 18.9 Å². The predicted molar refractivity (Wildman–Crippen MR) is 55.2 cm³/mol. The monoisotopic (exact) mass is 193 g/mol. The number of rotatable bonds is 2. The molecule has 0 aromatic carbocycles. The van der Waals surface area contributed by atoms with Gasteiger partial charge in [0.15, 0.2) is 0 Å². The summed E-state index contributed by atoms with van der Waals surface area (Å²) < 4.78 is 5.69. The summed E-state index contributed by atoms with van der Waals surface area (Å²) in [6.45, 7) is 1.97. The van der Waals surface area contributed by atoms with Gasteiger partial charge < -0.3 is 15.8 Å². The van der Waals surface area contributed by atoms with Gasteiger partial charge in [-0.05, 0) is 31.5 Å². The zero-order valence-corrected chi connectivity index (χ0v) is 8.07. The Balaban J connectivity index is 1.99. The second kappa shape index (κ2) is 4.28. The Hall–Kier alpha value is -1.29. The van der Waals surface area contributed by atoms with E-state index in [1.807, 2.05) is 0 Å². The third-order valence-corrected chi connectivity index (χ3v) is 2.33. The highest BCUT2D eigenvalue weighted by atomic mass is 16.5. The normalized spacial score (nSPS) is 21.9. The van der Waals surface area contributed by atoms with E-state index in [1.165, 1.54) is 0 Å². The molecule has 1 aliphatic heterocycles. The number of piperidine rings is 1. The molecule has 2 heterocycles. The van der Waals surface area contributed by atoms with Crippen molar-refractivity contribution in [3.05, 3.63) is 18.3 Å². The summed E-state index contributed by atoms with van der Waals surface area (Å²) >= 11 is 0. The number of hydrogen-bond donors (Lipinski definition) is 2. The summed E-state index contributed by atoms with van der Waals surface area (Å²) in [6.07, 6.45) is 4.13. The molecule has 1 aromatic heterocycles. The van der Waals surface area contributed by atoms with Crippen LogP contribution in [0.4, 0.5) is 5.69 Å². The van der Waals surface area contributed by atoms with Crippen LogP contribution in [0.5, 0.6) is 5.88 Å². The number of anilines is 1. The predicted octanol–water partition coefficient (Wildman–Crippen LogP) is 0.795. The third-order valence-electron chi connectivity index (χ3n) is 2.33. The largest absolute Gasteiger partial charge is 0.472 e. The van der Waals surface area contributed by atoms with Crippen LogP contribution >= 0.6 is 0 Å². The van der Waals surface area contributed by atoms with Gasteiger partial charge in [0.05, 0.1) is 5.69 Å². The molecule has 1 fully saturated rings. The minimum atomic E-state index is 0.209. The minimum Gasteiger partial charge on any atom is -0.472 e. The minimum absolute atomic E-state index is 0.209. The topological polar surface area (TPSA) is 60.2 Å². The first-order valence-electron chi connectivity index (χ1n) is 4.94. The van der Waals surface area contributed by atoms with Crippen molar-refractivity contribution in [3.8, 4) is 5.88 Å². The van der Waals surface area contributed by atoms with Crippen LogP contribution in [0.2, 0.25) is 0 Å². The Kier molecular flexibility index (Phi) is 2.84. The van der Waals surface area contributed by atoms with E-state index in [1.54, 1.807) is 18.3 Å². The first-order valence-corrected chi connectivity index (χ1v) is 4.94. The van der Waals surface area contributed by atoms with E-state index < -0.39 is 0 Å². The van der Waals surface area contributed by atoms with Crippen LogP contribution < -0.4 is 15.8 Å². The highest BCUT2D eigenvalue weighted by Crippen LogP contribution is 2.19. The molecule has 3 N–H and O–H groups in total. The molecule has 0 radical (unpaired) electrons. The molecular formula is C10H15N3O. The highest BCUT2D eigenvalue weighted by Gasteiger charge is 2.15. The number of nitrogens with zero attached hydrogens (tertiary/aromatic N) is 1. The SMILES string of the molecule is Nc1cccnc1OC1CCCNC1. The molecule has 2 rings (SSSR count). The fraction of sp³-hybridized carbons (Fsp3) is 0.500. The molecule has 76 valence electrons. The molecule has 1 unspecified atom stereocenters. The number of nitrogens with one attached hydrogen (secondary N) is 1. The van der Waals surface area contributed by atoms with Crippen LogP contribution in [0.1, 0.15) is 12.8 Å². The average molecular weight is 193 g/mol. The van der Waals surface area contributed by atoms with Crippen molar-refractivity contribution in [1.82, 2.24) is 10.3 Å². The standard InChI is InChI=1S/C10H15N3O/c11-9-4-2-6-13-10(9)14-8-3-1-5-12-7-8/h2,4,6,8,12H,1,3,5,7,11H2. The van der Waals surface area contributed by atoms with E-state index in [-0.39, 0.29) is 6.10 Å². The molecule has 0 aliphatic carbocycles. The maximum absolute atomic E-state index is 5.73. The summed E-state index contributed by atoms with van der Waals surface area (Å²) in [7, 11) is 0. The molecule has 0 saturated carbocycles. The Morgan fingerprint density at radius 2 is 2.50 bits per heavy atom. The number of hydrogen-bond acceptors (Lipinski definition) is 4. The van der Waals surface area contributed by atoms with Gasteiger partial charge in [-0.1, -0.05) is 0 Å². The fourth-order valence-electron chi connectivity index (χ4n) is 1.58. The van der Waals surface area contributed by atoms with Crippen LogP contribution in [0.25, 0.3) is 0 Å². The van der Waals surface area contributed by atoms with Gasteiger partial charge in [-0.15, -0.1) is 0 Å². The summed E-state index contributed by atoms with van der Waals surface area (Å²) in [5.74, 6) is 0.557. The van der Waals surface area contributed by atoms with E-state index in [4.69, 9.17) is 10.5 Å². The zero-order valence-electron chi connectivity index (χ0n) is 8.07. The van der Waals surface area contributed by atoms with E-state index in [9.17, 15) is 0 Å². The number of pyridine rings is 1. The maximum atomic E-state index is 5.73. The van der Waals surface area contributed by atoms with Gasteiger partial charge in [0.1, 0.15) is 6.10 Å². The van der Waals surface area contributed by atoms with Crippen molar-refractivity contribution >= 4 is 5.69 Å². The Morgan fingerprint density at radius 3 is 3.21 bits per heavy atom. The van der Waals surface area contributed by atoms with E-state index in [0.717, 1.165) is 25.9 Å². The Bertz CT molecular complexity index is 297. The lowest BCUT2D eigenvalue weighted by Gasteiger charge is -2.23. The highest BCUT2D eigenvalue weighted by molar-refractivity contribution is 5.46. The molecule has 1 aliphatic rings. The van der Waals surface area contributed by atoms with Crippen molar-refractivity contribution in [2.75, 3.05) is 18.8 Å². The second-order valence-corrected chi connectivity index (χ2v) is 3.48. The smallest absolute Gasteiger partial charge is 0.237 e. The lowest BCUT2D eigenvalue weighted by molar-refractivity contribution is 0.161. The molecule has 1 saturated heterocycles. The molecule has 1 aromatic rings. The quantitative estimate of drug-likeness (QED) is 0.729. The van der Waals surface area contributed by atoms with Gasteiger partial charge in [0, 0.05) is 12.7 Å². The first-order chi connectivity index (χ1) is 6.86. The summed E-state index contributed by atoms with van der Waals surface area (Å²) in [6, 6.07) is 3.61.